The van der Waals surface area contributed by atoms with Gasteiger partial charge in [-0.3, -0.25) is 9.89 Å². The molecule has 6 heteroatoms. The molecule has 0 spiro atoms. The fourth-order valence-electron chi connectivity index (χ4n) is 2.44. The van der Waals surface area contributed by atoms with E-state index < -0.39 is 0 Å². The van der Waals surface area contributed by atoms with Crippen LogP contribution in [0.3, 0.4) is 0 Å². The van der Waals surface area contributed by atoms with Crippen molar-refractivity contribution in [2.45, 2.75) is 6.92 Å². The van der Waals surface area contributed by atoms with Gasteiger partial charge in [0.2, 0.25) is 0 Å². The summed E-state index contributed by atoms with van der Waals surface area (Å²) < 4.78 is 5.15. The Labute approximate surface area is 145 Å². The minimum absolute atomic E-state index is 0.341. The largest absolute Gasteiger partial charge is 0.497 e. The molecule has 6 nitrogen and oxygen atoms in total. The van der Waals surface area contributed by atoms with E-state index in [0.29, 0.717) is 5.69 Å². The topological polar surface area (TPSA) is 79.4 Å². The molecule has 3 rings (SSSR count). The quantitative estimate of drug-likeness (QED) is 0.556. The van der Waals surface area contributed by atoms with Crippen molar-refractivity contribution in [2.75, 3.05) is 7.11 Å². The predicted molar refractivity (Wildman–Crippen MR) is 96.8 cm³/mol. The molecule has 0 aliphatic heterocycles. The van der Waals surface area contributed by atoms with Crippen LogP contribution in [0.25, 0.3) is 11.3 Å². The van der Waals surface area contributed by atoms with Gasteiger partial charge in [0.1, 0.15) is 11.4 Å². The number of nitrogens with zero attached hydrogens (tertiary/aromatic N) is 2. The molecule has 0 saturated heterocycles. The van der Waals surface area contributed by atoms with E-state index in [1.165, 1.54) is 0 Å². The van der Waals surface area contributed by atoms with Crippen molar-refractivity contribution >= 4 is 12.1 Å². The summed E-state index contributed by atoms with van der Waals surface area (Å²) in [5.74, 6) is 0.388. The number of ether oxygens (including phenoxy) is 1. The van der Waals surface area contributed by atoms with Gasteiger partial charge in [-0.1, -0.05) is 42.5 Å². The van der Waals surface area contributed by atoms with Crippen molar-refractivity contribution in [2.24, 2.45) is 5.10 Å². The molecule has 1 aromatic heterocycles. The Hall–Kier alpha value is -3.41. The molecule has 2 N–H and O–H groups in total. The number of hydrogen-bond donors (Lipinski definition) is 2. The Bertz CT molecular complexity index is 901. The number of benzene rings is 2. The second kappa shape index (κ2) is 7.44. The summed E-state index contributed by atoms with van der Waals surface area (Å²) in [5.41, 5.74) is 6.21. The number of nitrogens with one attached hydrogen (secondary N) is 2. The van der Waals surface area contributed by atoms with Gasteiger partial charge in [-0.15, -0.1) is 0 Å². The first-order valence-electron chi connectivity index (χ1n) is 7.77. The average Bonchev–Trinajstić information content (AvgIpc) is 3.04. The molecule has 0 atom stereocenters. The van der Waals surface area contributed by atoms with Crippen LogP contribution < -0.4 is 10.2 Å². The van der Waals surface area contributed by atoms with Gasteiger partial charge < -0.3 is 4.74 Å². The first-order valence-corrected chi connectivity index (χ1v) is 7.77. The summed E-state index contributed by atoms with van der Waals surface area (Å²) in [6, 6.07) is 17.1. The van der Waals surface area contributed by atoms with Crippen molar-refractivity contribution < 1.29 is 9.53 Å². The zero-order valence-corrected chi connectivity index (χ0v) is 14.0. The Balaban J connectivity index is 1.72. The third kappa shape index (κ3) is 3.74. The fraction of sp³-hybridized carbons (Fsp3) is 0.105. The van der Waals surface area contributed by atoms with E-state index in [1.807, 2.05) is 61.5 Å². The van der Waals surface area contributed by atoms with Crippen LogP contribution in [0.4, 0.5) is 0 Å². The average molecular weight is 334 g/mol. The molecule has 0 aliphatic carbocycles. The van der Waals surface area contributed by atoms with E-state index in [-0.39, 0.29) is 5.91 Å². The third-order valence-corrected chi connectivity index (χ3v) is 3.76. The molecule has 0 fully saturated rings. The van der Waals surface area contributed by atoms with Crippen molar-refractivity contribution in [1.82, 2.24) is 15.6 Å². The molecular formula is C19H18N4O2. The monoisotopic (exact) mass is 334 g/mol. The molecule has 25 heavy (non-hydrogen) atoms. The molecular weight excluding hydrogens is 316 g/mol. The first kappa shape index (κ1) is 16.4. The number of carbonyl (C=O) groups is 1. The molecule has 0 radical (unpaired) electrons. The maximum Gasteiger partial charge on any atom is 0.289 e. The van der Waals surface area contributed by atoms with Crippen LogP contribution in [0, 0.1) is 6.92 Å². The number of hydrazone groups is 1. The van der Waals surface area contributed by atoms with Crippen LogP contribution in [-0.4, -0.2) is 29.4 Å². The zero-order valence-electron chi connectivity index (χ0n) is 14.0. The highest BCUT2D eigenvalue weighted by molar-refractivity contribution is 5.96. The predicted octanol–water partition coefficient (Wildman–Crippen LogP) is 3.16. The maximum absolute atomic E-state index is 12.3. The first-order chi connectivity index (χ1) is 12.2. The number of aromatic nitrogens is 2. The van der Waals surface area contributed by atoms with Crippen molar-refractivity contribution in [3.8, 4) is 17.0 Å². The Morgan fingerprint density at radius 1 is 1.20 bits per heavy atom. The van der Waals surface area contributed by atoms with Gasteiger partial charge in [-0.2, -0.15) is 10.2 Å². The second-order valence-corrected chi connectivity index (χ2v) is 5.41. The van der Waals surface area contributed by atoms with Crippen molar-refractivity contribution in [1.29, 1.82) is 0 Å². The summed E-state index contributed by atoms with van der Waals surface area (Å²) in [7, 11) is 1.60. The van der Waals surface area contributed by atoms with Crippen LogP contribution in [0.2, 0.25) is 0 Å². The Morgan fingerprint density at radius 3 is 2.76 bits per heavy atom. The Kier molecular flexibility index (Phi) is 4.89. The Morgan fingerprint density at radius 2 is 2.00 bits per heavy atom. The summed E-state index contributed by atoms with van der Waals surface area (Å²) in [5, 5.41) is 11.0. The van der Waals surface area contributed by atoms with Gasteiger partial charge in [0, 0.05) is 11.1 Å². The molecule has 0 saturated carbocycles. The van der Waals surface area contributed by atoms with Gasteiger partial charge in [-0.05, 0) is 24.6 Å². The molecule has 0 aliphatic rings. The number of rotatable bonds is 5. The van der Waals surface area contributed by atoms with Crippen LogP contribution in [0.15, 0.2) is 59.7 Å². The fourth-order valence-corrected chi connectivity index (χ4v) is 2.44. The molecule has 1 heterocycles. The van der Waals surface area contributed by atoms with Crippen LogP contribution in [-0.2, 0) is 0 Å². The smallest absolute Gasteiger partial charge is 0.289 e. The highest BCUT2D eigenvalue weighted by Gasteiger charge is 2.16. The van der Waals surface area contributed by atoms with E-state index in [9.17, 15) is 4.79 Å². The molecule has 1 amide bonds. The minimum Gasteiger partial charge on any atom is -0.497 e. The van der Waals surface area contributed by atoms with Gasteiger partial charge in [0.05, 0.1) is 19.0 Å². The van der Waals surface area contributed by atoms with E-state index in [2.05, 4.69) is 20.7 Å². The van der Waals surface area contributed by atoms with Crippen LogP contribution >= 0.6 is 0 Å². The number of amides is 1. The van der Waals surface area contributed by atoms with Gasteiger partial charge in [0.15, 0.2) is 0 Å². The van der Waals surface area contributed by atoms with E-state index in [4.69, 9.17) is 4.74 Å². The van der Waals surface area contributed by atoms with Crippen LogP contribution in [0.5, 0.6) is 5.75 Å². The number of hydrogen-bond acceptors (Lipinski definition) is 4. The lowest BCUT2D eigenvalue weighted by molar-refractivity contribution is 0.0949. The molecule has 126 valence electrons. The number of methoxy groups -OCH3 is 1. The van der Waals surface area contributed by atoms with Gasteiger partial charge in [0.25, 0.3) is 5.91 Å². The van der Waals surface area contributed by atoms with E-state index in [0.717, 1.165) is 28.1 Å². The highest BCUT2D eigenvalue weighted by Crippen LogP contribution is 2.22. The molecule has 0 unspecified atom stereocenters. The third-order valence-electron chi connectivity index (χ3n) is 3.76. The second-order valence-electron chi connectivity index (χ2n) is 5.41. The maximum atomic E-state index is 12.3. The summed E-state index contributed by atoms with van der Waals surface area (Å²) in [6.07, 6.45) is 1.56. The zero-order chi connectivity index (χ0) is 17.6. The highest BCUT2D eigenvalue weighted by atomic mass is 16.5. The summed E-state index contributed by atoms with van der Waals surface area (Å²) >= 11 is 0. The van der Waals surface area contributed by atoms with Crippen molar-refractivity contribution in [3.63, 3.8) is 0 Å². The van der Waals surface area contributed by atoms with Gasteiger partial charge >= 0.3 is 0 Å². The van der Waals surface area contributed by atoms with E-state index in [1.54, 1.807) is 13.3 Å². The standard InChI is InChI=1S/C19H18N4O2/c1-13-17(15-8-4-3-5-9-15)21-22-18(13)19(24)23-20-12-14-7-6-10-16(11-14)25-2/h3-12H,1-2H3,(H,21,22)(H,23,24)/b20-12-. The number of aromatic amines is 1. The molecule has 3 aromatic rings. The normalized spacial score (nSPS) is 10.8. The summed E-state index contributed by atoms with van der Waals surface area (Å²) in [4.78, 5) is 12.3. The molecule has 2 aromatic carbocycles. The minimum atomic E-state index is -0.341. The van der Waals surface area contributed by atoms with Gasteiger partial charge in [-0.25, -0.2) is 5.43 Å². The lowest BCUT2D eigenvalue weighted by Crippen LogP contribution is -2.19. The molecule has 0 bridgehead atoms. The summed E-state index contributed by atoms with van der Waals surface area (Å²) in [6.45, 7) is 1.85. The lowest BCUT2D eigenvalue weighted by Gasteiger charge is -2.01. The van der Waals surface area contributed by atoms with Crippen molar-refractivity contribution in [3.05, 3.63) is 71.4 Å². The van der Waals surface area contributed by atoms with E-state index >= 15 is 0 Å². The van der Waals surface area contributed by atoms with Crippen LogP contribution in [0.1, 0.15) is 21.6 Å². The number of H-pyrrole nitrogens is 1. The number of carbonyl (C=O) groups excluding carboxylic acids is 1. The SMILES string of the molecule is COc1cccc(/C=N\NC(=O)c2[nH]nc(-c3ccccc3)c2C)c1. The lowest BCUT2D eigenvalue weighted by atomic mass is 10.1.